The number of ether oxygens (including phenoxy) is 3. The number of carbonyl (C=O) groups excluding carboxylic acids is 1. The highest BCUT2D eigenvalue weighted by Gasteiger charge is 2.16. The van der Waals surface area contributed by atoms with Crippen LogP contribution in [-0.4, -0.2) is 49.1 Å². The molecular weight excluding hydrogens is 336 g/mol. The molecule has 1 atom stereocenters. The molecule has 0 fully saturated rings. The van der Waals surface area contributed by atoms with Gasteiger partial charge >= 0.3 is 6.03 Å². The third-order valence-corrected chi connectivity index (χ3v) is 3.92. The number of hydrogen-bond donors (Lipinski definition) is 2. The van der Waals surface area contributed by atoms with Crippen molar-refractivity contribution in [2.24, 2.45) is 0 Å². The van der Waals surface area contributed by atoms with Crippen molar-refractivity contribution in [2.75, 3.05) is 32.3 Å². The van der Waals surface area contributed by atoms with Gasteiger partial charge < -0.3 is 29.5 Å². The number of nitrogens with one attached hydrogen (secondary N) is 1. The molecular formula is C19H22N2O5. The van der Waals surface area contributed by atoms with Gasteiger partial charge in [0.05, 0.1) is 6.54 Å². The van der Waals surface area contributed by atoms with Crippen LogP contribution in [0.1, 0.15) is 5.56 Å². The van der Waals surface area contributed by atoms with Gasteiger partial charge in [-0.05, 0) is 31.2 Å². The number of aryl methyl sites for hydroxylation is 1. The zero-order valence-electron chi connectivity index (χ0n) is 14.8. The quantitative estimate of drug-likeness (QED) is 0.830. The third kappa shape index (κ3) is 4.58. The number of benzene rings is 2. The zero-order valence-corrected chi connectivity index (χ0v) is 14.8. The summed E-state index contributed by atoms with van der Waals surface area (Å²) in [6, 6.07) is 12.4. The SMILES string of the molecule is Cc1ccc(NC(=O)N(C)C[C@H](O)COc2ccc3c(c2)OCO3)cc1. The van der Waals surface area contributed by atoms with Crippen molar-refractivity contribution in [3.05, 3.63) is 48.0 Å². The first-order chi connectivity index (χ1) is 12.5. The number of aliphatic hydroxyl groups is 1. The van der Waals surface area contributed by atoms with E-state index in [1.165, 1.54) is 4.90 Å². The van der Waals surface area contributed by atoms with Crippen molar-refractivity contribution in [3.8, 4) is 17.2 Å². The topological polar surface area (TPSA) is 80.3 Å². The monoisotopic (exact) mass is 358 g/mol. The van der Waals surface area contributed by atoms with Gasteiger partial charge in [-0.25, -0.2) is 4.79 Å². The van der Waals surface area contributed by atoms with Crippen LogP contribution in [0.5, 0.6) is 17.2 Å². The van der Waals surface area contributed by atoms with Gasteiger partial charge in [0.25, 0.3) is 0 Å². The van der Waals surface area contributed by atoms with Gasteiger partial charge in [0.15, 0.2) is 11.5 Å². The highest BCUT2D eigenvalue weighted by molar-refractivity contribution is 5.89. The first-order valence-corrected chi connectivity index (χ1v) is 8.30. The molecule has 7 heteroatoms. The molecule has 3 rings (SSSR count). The second-order valence-corrected chi connectivity index (χ2v) is 6.16. The van der Waals surface area contributed by atoms with Crippen molar-refractivity contribution in [1.82, 2.24) is 4.90 Å². The number of amides is 2. The lowest BCUT2D eigenvalue weighted by molar-refractivity contribution is 0.0849. The molecule has 138 valence electrons. The number of fused-ring (bicyclic) bond motifs is 1. The summed E-state index contributed by atoms with van der Waals surface area (Å²) in [6.45, 7) is 2.38. The van der Waals surface area contributed by atoms with E-state index < -0.39 is 6.10 Å². The van der Waals surface area contributed by atoms with Crippen LogP contribution in [0, 0.1) is 6.92 Å². The van der Waals surface area contributed by atoms with E-state index in [0.29, 0.717) is 22.9 Å². The molecule has 1 aliphatic heterocycles. The summed E-state index contributed by atoms with van der Waals surface area (Å²) in [5.41, 5.74) is 1.82. The molecule has 0 bridgehead atoms. The summed E-state index contributed by atoms with van der Waals surface area (Å²) < 4.78 is 16.1. The number of anilines is 1. The molecule has 0 saturated heterocycles. The Hall–Kier alpha value is -2.93. The Morgan fingerprint density at radius 3 is 2.73 bits per heavy atom. The van der Waals surface area contributed by atoms with Crippen molar-refractivity contribution < 1.29 is 24.1 Å². The summed E-state index contributed by atoms with van der Waals surface area (Å²) in [7, 11) is 1.62. The fraction of sp³-hybridized carbons (Fsp3) is 0.316. The van der Waals surface area contributed by atoms with Crippen LogP contribution >= 0.6 is 0 Å². The predicted octanol–water partition coefficient (Wildman–Crippen LogP) is 2.63. The molecule has 0 spiro atoms. The summed E-state index contributed by atoms with van der Waals surface area (Å²) in [5.74, 6) is 1.86. The average Bonchev–Trinajstić information content (AvgIpc) is 3.09. The Bertz CT molecular complexity index is 763. The molecule has 2 N–H and O–H groups in total. The standard InChI is InChI=1S/C19H22N2O5/c1-13-3-5-14(6-4-13)20-19(23)21(2)10-15(22)11-24-16-7-8-17-18(9-16)26-12-25-17/h3-9,15,22H,10-12H2,1-2H3,(H,20,23)/t15-/m0/s1. The molecule has 2 aromatic rings. The first-order valence-electron chi connectivity index (χ1n) is 8.30. The van der Waals surface area contributed by atoms with Gasteiger partial charge in [0, 0.05) is 18.8 Å². The van der Waals surface area contributed by atoms with Crippen LogP contribution in [0.15, 0.2) is 42.5 Å². The van der Waals surface area contributed by atoms with E-state index in [9.17, 15) is 9.90 Å². The van der Waals surface area contributed by atoms with Gasteiger partial charge in [-0.3, -0.25) is 0 Å². The minimum absolute atomic E-state index is 0.0573. The molecule has 0 radical (unpaired) electrons. The molecule has 0 saturated carbocycles. The predicted molar refractivity (Wildman–Crippen MR) is 96.9 cm³/mol. The average molecular weight is 358 g/mol. The van der Waals surface area contributed by atoms with Gasteiger partial charge in [-0.1, -0.05) is 17.7 Å². The van der Waals surface area contributed by atoms with Crippen LogP contribution in [0.2, 0.25) is 0 Å². The lowest BCUT2D eigenvalue weighted by atomic mass is 10.2. The second-order valence-electron chi connectivity index (χ2n) is 6.16. The number of likely N-dealkylation sites (N-methyl/N-ethyl adjacent to an activating group) is 1. The fourth-order valence-electron chi connectivity index (χ4n) is 2.47. The minimum atomic E-state index is -0.825. The van der Waals surface area contributed by atoms with Crippen LogP contribution in [0.3, 0.4) is 0 Å². The molecule has 0 aliphatic carbocycles. The van der Waals surface area contributed by atoms with Crippen molar-refractivity contribution in [1.29, 1.82) is 0 Å². The number of carbonyl (C=O) groups is 1. The Labute approximate surface area is 152 Å². The van der Waals surface area contributed by atoms with Crippen LogP contribution in [0.4, 0.5) is 10.5 Å². The Morgan fingerprint density at radius 1 is 1.23 bits per heavy atom. The third-order valence-electron chi connectivity index (χ3n) is 3.92. The fourth-order valence-corrected chi connectivity index (χ4v) is 2.47. The van der Waals surface area contributed by atoms with Gasteiger partial charge in [0.2, 0.25) is 6.79 Å². The Balaban J connectivity index is 1.45. The smallest absolute Gasteiger partial charge is 0.321 e. The largest absolute Gasteiger partial charge is 0.491 e. The normalized spacial score (nSPS) is 13.2. The Kier molecular flexibility index (Phi) is 5.48. The lowest BCUT2D eigenvalue weighted by Gasteiger charge is -2.21. The van der Waals surface area contributed by atoms with Gasteiger partial charge in [-0.15, -0.1) is 0 Å². The molecule has 1 aliphatic rings. The van der Waals surface area contributed by atoms with E-state index in [1.807, 2.05) is 31.2 Å². The number of nitrogens with zero attached hydrogens (tertiary/aromatic N) is 1. The van der Waals surface area contributed by atoms with E-state index in [2.05, 4.69) is 5.32 Å². The lowest BCUT2D eigenvalue weighted by Crippen LogP contribution is -2.39. The van der Waals surface area contributed by atoms with Crippen LogP contribution < -0.4 is 19.5 Å². The maximum atomic E-state index is 12.2. The molecule has 2 aromatic carbocycles. The molecule has 0 unspecified atom stereocenters. The number of rotatable bonds is 6. The van der Waals surface area contributed by atoms with E-state index in [1.54, 1.807) is 25.2 Å². The molecule has 2 amide bonds. The van der Waals surface area contributed by atoms with Crippen LogP contribution in [0.25, 0.3) is 0 Å². The maximum absolute atomic E-state index is 12.2. The second kappa shape index (κ2) is 7.97. The summed E-state index contributed by atoms with van der Waals surface area (Å²) >= 11 is 0. The highest BCUT2D eigenvalue weighted by Crippen LogP contribution is 2.35. The molecule has 7 nitrogen and oxygen atoms in total. The summed E-state index contributed by atoms with van der Waals surface area (Å²) in [5, 5.41) is 12.9. The summed E-state index contributed by atoms with van der Waals surface area (Å²) in [4.78, 5) is 13.6. The van der Waals surface area contributed by atoms with E-state index in [0.717, 1.165) is 5.56 Å². The van der Waals surface area contributed by atoms with Gasteiger partial charge in [0.1, 0.15) is 18.5 Å². The number of hydrogen-bond acceptors (Lipinski definition) is 5. The summed E-state index contributed by atoms with van der Waals surface area (Å²) in [6.07, 6.45) is -0.825. The molecule has 0 aromatic heterocycles. The van der Waals surface area contributed by atoms with E-state index in [4.69, 9.17) is 14.2 Å². The van der Waals surface area contributed by atoms with Crippen molar-refractivity contribution in [3.63, 3.8) is 0 Å². The maximum Gasteiger partial charge on any atom is 0.321 e. The minimum Gasteiger partial charge on any atom is -0.491 e. The first kappa shape index (κ1) is 17.9. The van der Waals surface area contributed by atoms with E-state index >= 15 is 0 Å². The Morgan fingerprint density at radius 2 is 1.96 bits per heavy atom. The number of aliphatic hydroxyl groups excluding tert-OH is 1. The van der Waals surface area contributed by atoms with Crippen molar-refractivity contribution in [2.45, 2.75) is 13.0 Å². The zero-order chi connectivity index (χ0) is 18.5. The molecule has 1 heterocycles. The number of urea groups is 1. The van der Waals surface area contributed by atoms with Crippen molar-refractivity contribution >= 4 is 11.7 Å². The molecule has 26 heavy (non-hydrogen) atoms. The highest BCUT2D eigenvalue weighted by atomic mass is 16.7. The van der Waals surface area contributed by atoms with Gasteiger partial charge in [-0.2, -0.15) is 0 Å². The van der Waals surface area contributed by atoms with Crippen LogP contribution in [-0.2, 0) is 0 Å². The van der Waals surface area contributed by atoms with E-state index in [-0.39, 0.29) is 26.0 Å².